The summed E-state index contributed by atoms with van der Waals surface area (Å²) in [7, 11) is 0. The predicted octanol–water partition coefficient (Wildman–Crippen LogP) is 4.70. The summed E-state index contributed by atoms with van der Waals surface area (Å²) in [5.74, 6) is 0.602. The molecule has 0 aliphatic carbocycles. The minimum Gasteiger partial charge on any atom is -0.487 e. The van der Waals surface area contributed by atoms with E-state index in [2.05, 4.69) is 0 Å². The van der Waals surface area contributed by atoms with Crippen molar-refractivity contribution in [1.82, 2.24) is 0 Å². The van der Waals surface area contributed by atoms with Crippen LogP contribution >= 0.6 is 23.2 Å². The van der Waals surface area contributed by atoms with Crippen LogP contribution in [0.4, 0.5) is 0 Å². The molecular formula is C16H12Cl2O2. The normalized spacial score (nSPS) is 10.7. The number of carbonyl (C=O) groups excluding carboxylic acids is 1. The van der Waals surface area contributed by atoms with E-state index in [4.69, 9.17) is 27.9 Å². The third kappa shape index (κ3) is 4.41. The molecule has 0 radical (unpaired) electrons. The number of allylic oxidation sites excluding steroid dienone is 1. The lowest BCUT2D eigenvalue weighted by atomic mass is 10.2. The van der Waals surface area contributed by atoms with Gasteiger partial charge in [-0.05, 0) is 40.9 Å². The Bertz CT molecular complexity index is 622. The zero-order chi connectivity index (χ0) is 14.4. The molecule has 2 aromatic carbocycles. The summed E-state index contributed by atoms with van der Waals surface area (Å²) in [6.45, 7) is 0.454. The van der Waals surface area contributed by atoms with E-state index in [-0.39, 0.29) is 0 Å². The Morgan fingerprint density at radius 2 is 1.90 bits per heavy atom. The van der Waals surface area contributed by atoms with Crippen LogP contribution in [0.15, 0.2) is 54.6 Å². The molecule has 2 nitrogen and oxygen atoms in total. The molecule has 102 valence electrons. The Kier molecular flexibility index (Phi) is 5.22. The predicted molar refractivity (Wildman–Crippen MR) is 82.1 cm³/mol. The summed E-state index contributed by atoms with van der Waals surface area (Å²) in [5, 5.41) is -0.0318. The van der Waals surface area contributed by atoms with Crippen molar-refractivity contribution >= 4 is 34.5 Å². The van der Waals surface area contributed by atoms with Crippen molar-refractivity contribution in [2.45, 2.75) is 6.61 Å². The number of halogens is 2. The topological polar surface area (TPSA) is 26.3 Å². The standard InChI is InChI=1S/C16H12Cl2O2/c17-14-10-12(7-9-16(18)19)6-8-15(14)20-11-13-4-2-1-3-5-13/h1-10H,11H2/b9-7+. The van der Waals surface area contributed by atoms with E-state index >= 15 is 0 Å². The monoisotopic (exact) mass is 306 g/mol. The molecule has 0 saturated heterocycles. The highest BCUT2D eigenvalue weighted by molar-refractivity contribution is 6.66. The number of benzene rings is 2. The second-order valence-electron chi connectivity index (χ2n) is 4.10. The third-order valence-corrected chi connectivity index (χ3v) is 3.02. The molecule has 4 heteroatoms. The molecule has 0 aliphatic rings. The van der Waals surface area contributed by atoms with Gasteiger partial charge in [0.1, 0.15) is 12.4 Å². The maximum absolute atomic E-state index is 10.6. The smallest absolute Gasteiger partial charge is 0.245 e. The highest BCUT2D eigenvalue weighted by Crippen LogP contribution is 2.26. The molecule has 0 saturated carbocycles. The Morgan fingerprint density at radius 3 is 2.55 bits per heavy atom. The lowest BCUT2D eigenvalue weighted by molar-refractivity contribution is -0.107. The molecule has 0 fully saturated rings. The highest BCUT2D eigenvalue weighted by Gasteiger charge is 2.02. The van der Waals surface area contributed by atoms with E-state index in [0.29, 0.717) is 17.4 Å². The number of hydrogen-bond donors (Lipinski definition) is 0. The van der Waals surface area contributed by atoms with Gasteiger partial charge in [-0.15, -0.1) is 0 Å². The van der Waals surface area contributed by atoms with Crippen molar-refractivity contribution in [3.05, 3.63) is 70.8 Å². The molecule has 20 heavy (non-hydrogen) atoms. The number of carbonyl (C=O) groups is 1. The van der Waals surface area contributed by atoms with Crippen molar-refractivity contribution in [2.75, 3.05) is 0 Å². The van der Waals surface area contributed by atoms with Gasteiger partial charge in [-0.3, -0.25) is 4.79 Å². The Labute approximate surface area is 127 Å². The zero-order valence-electron chi connectivity index (χ0n) is 10.6. The van der Waals surface area contributed by atoms with Crippen molar-refractivity contribution in [1.29, 1.82) is 0 Å². The Morgan fingerprint density at radius 1 is 1.15 bits per heavy atom. The lowest BCUT2D eigenvalue weighted by Gasteiger charge is -2.08. The first-order valence-electron chi connectivity index (χ1n) is 5.99. The van der Waals surface area contributed by atoms with Gasteiger partial charge in [0.25, 0.3) is 0 Å². The number of ether oxygens (including phenoxy) is 1. The molecule has 0 aliphatic heterocycles. The van der Waals surface area contributed by atoms with Gasteiger partial charge in [0, 0.05) is 0 Å². The van der Waals surface area contributed by atoms with Gasteiger partial charge in [0.2, 0.25) is 5.24 Å². The Balaban J connectivity index is 2.04. The molecule has 0 N–H and O–H groups in total. The average Bonchev–Trinajstić information content (AvgIpc) is 2.45. The molecule has 0 bridgehead atoms. The minimum absolute atomic E-state index is 0.454. The van der Waals surface area contributed by atoms with Crippen LogP contribution < -0.4 is 4.74 Å². The molecule has 0 amide bonds. The SMILES string of the molecule is O=C(Cl)/C=C/c1ccc(OCc2ccccc2)c(Cl)c1. The second kappa shape index (κ2) is 7.13. The molecular weight excluding hydrogens is 295 g/mol. The van der Waals surface area contributed by atoms with E-state index in [1.807, 2.05) is 36.4 Å². The van der Waals surface area contributed by atoms with E-state index in [0.717, 1.165) is 11.1 Å². The molecule has 0 unspecified atom stereocenters. The fourth-order valence-electron chi connectivity index (χ4n) is 1.63. The van der Waals surface area contributed by atoms with Gasteiger partial charge in [-0.2, -0.15) is 0 Å². The van der Waals surface area contributed by atoms with E-state index < -0.39 is 5.24 Å². The third-order valence-electron chi connectivity index (χ3n) is 2.60. The zero-order valence-corrected chi connectivity index (χ0v) is 12.1. The van der Waals surface area contributed by atoms with Crippen molar-refractivity contribution < 1.29 is 9.53 Å². The van der Waals surface area contributed by atoms with Crippen LogP contribution in [0, 0.1) is 0 Å². The van der Waals surface area contributed by atoms with Crippen LogP contribution in [-0.2, 0) is 11.4 Å². The van der Waals surface area contributed by atoms with Crippen molar-refractivity contribution in [3.63, 3.8) is 0 Å². The van der Waals surface area contributed by atoms with Crippen LogP contribution in [-0.4, -0.2) is 5.24 Å². The quantitative estimate of drug-likeness (QED) is 0.591. The Hall–Kier alpha value is -1.77. The summed E-state index contributed by atoms with van der Waals surface area (Å²) < 4.78 is 5.65. The minimum atomic E-state index is -0.523. The van der Waals surface area contributed by atoms with Crippen molar-refractivity contribution in [2.24, 2.45) is 0 Å². The lowest BCUT2D eigenvalue weighted by Crippen LogP contribution is -1.95. The fraction of sp³-hybridized carbons (Fsp3) is 0.0625. The van der Waals surface area contributed by atoms with Crippen molar-refractivity contribution in [3.8, 4) is 5.75 Å². The largest absolute Gasteiger partial charge is 0.487 e. The fourth-order valence-corrected chi connectivity index (χ4v) is 1.94. The molecule has 0 atom stereocenters. The number of hydrogen-bond acceptors (Lipinski definition) is 2. The van der Waals surface area contributed by atoms with E-state index in [1.165, 1.54) is 6.08 Å². The van der Waals surface area contributed by atoms with E-state index in [9.17, 15) is 4.79 Å². The van der Waals surface area contributed by atoms with Crippen LogP contribution in [0.3, 0.4) is 0 Å². The van der Waals surface area contributed by atoms with Crippen LogP contribution in [0.25, 0.3) is 6.08 Å². The van der Waals surface area contributed by atoms with Crippen LogP contribution in [0.2, 0.25) is 5.02 Å². The average molecular weight is 307 g/mol. The molecule has 0 heterocycles. The maximum atomic E-state index is 10.6. The van der Waals surface area contributed by atoms with Crippen LogP contribution in [0.5, 0.6) is 5.75 Å². The first-order chi connectivity index (χ1) is 9.65. The summed E-state index contributed by atoms with van der Waals surface area (Å²) in [6, 6.07) is 15.1. The second-order valence-corrected chi connectivity index (χ2v) is 4.88. The number of rotatable bonds is 5. The molecule has 0 aromatic heterocycles. The molecule has 0 spiro atoms. The van der Waals surface area contributed by atoms with Gasteiger partial charge in [-0.1, -0.05) is 54.1 Å². The summed E-state index contributed by atoms with van der Waals surface area (Å²) in [5.41, 5.74) is 1.86. The highest BCUT2D eigenvalue weighted by atomic mass is 35.5. The first-order valence-corrected chi connectivity index (χ1v) is 6.74. The molecule has 2 rings (SSSR count). The van der Waals surface area contributed by atoms with Gasteiger partial charge in [0.15, 0.2) is 0 Å². The van der Waals surface area contributed by atoms with Gasteiger partial charge in [-0.25, -0.2) is 0 Å². The summed E-state index contributed by atoms with van der Waals surface area (Å²) in [4.78, 5) is 10.6. The van der Waals surface area contributed by atoms with Gasteiger partial charge >= 0.3 is 0 Å². The van der Waals surface area contributed by atoms with Crippen LogP contribution in [0.1, 0.15) is 11.1 Å². The van der Waals surface area contributed by atoms with E-state index in [1.54, 1.807) is 18.2 Å². The van der Waals surface area contributed by atoms with Gasteiger partial charge < -0.3 is 4.74 Å². The molecule has 2 aromatic rings. The summed E-state index contributed by atoms with van der Waals surface area (Å²) in [6.07, 6.45) is 2.87. The summed E-state index contributed by atoms with van der Waals surface area (Å²) >= 11 is 11.4. The first kappa shape index (κ1) is 14.6. The van der Waals surface area contributed by atoms with Gasteiger partial charge in [0.05, 0.1) is 5.02 Å². The maximum Gasteiger partial charge on any atom is 0.245 e.